The molecule has 1 aliphatic heterocycles. The van der Waals surface area contributed by atoms with E-state index in [1.807, 2.05) is 13.0 Å². The van der Waals surface area contributed by atoms with Gasteiger partial charge in [-0.05, 0) is 56.0 Å². The Hall–Kier alpha value is -2.96. The Morgan fingerprint density at radius 1 is 1.11 bits per heavy atom. The molecule has 0 aliphatic carbocycles. The molecule has 1 aromatic carbocycles. The number of hydrogen-bond donors (Lipinski definition) is 2. The zero-order chi connectivity index (χ0) is 28.2. The SMILES string of the molecule is C=C(/C=C\C=C/C)[C@]1(CO[C@@H](C)c2cc(C(F)(F)F)cc(C(F)(F)F)c2)CC[C@](CO)(n2cnnc2)CN1. The van der Waals surface area contributed by atoms with Crippen molar-refractivity contribution >= 4 is 0 Å². The number of aromatic nitrogens is 3. The molecule has 0 unspecified atom stereocenters. The van der Waals surface area contributed by atoms with Crippen LogP contribution in [0.1, 0.15) is 49.5 Å². The van der Waals surface area contributed by atoms with Gasteiger partial charge in [-0.2, -0.15) is 26.3 Å². The van der Waals surface area contributed by atoms with Crippen molar-refractivity contribution in [3.63, 3.8) is 0 Å². The van der Waals surface area contributed by atoms with Gasteiger partial charge >= 0.3 is 12.4 Å². The van der Waals surface area contributed by atoms with Crippen molar-refractivity contribution in [2.45, 2.75) is 56.2 Å². The molecule has 208 valence electrons. The van der Waals surface area contributed by atoms with Crippen molar-refractivity contribution in [1.82, 2.24) is 20.1 Å². The Kier molecular flexibility index (Phi) is 8.89. The lowest BCUT2D eigenvalue weighted by Crippen LogP contribution is -2.62. The summed E-state index contributed by atoms with van der Waals surface area (Å²) in [7, 11) is 0. The number of halogens is 6. The van der Waals surface area contributed by atoms with Crippen LogP contribution >= 0.6 is 0 Å². The Bertz CT molecular complexity index is 1120. The zero-order valence-electron chi connectivity index (χ0n) is 21.0. The van der Waals surface area contributed by atoms with Crippen LogP contribution in [-0.4, -0.2) is 45.2 Å². The van der Waals surface area contributed by atoms with Crippen molar-refractivity contribution in [3.05, 3.63) is 84.0 Å². The number of rotatable bonds is 9. The number of alkyl halides is 6. The minimum absolute atomic E-state index is 0.0888. The molecular formula is C26H30F6N4O2. The summed E-state index contributed by atoms with van der Waals surface area (Å²) >= 11 is 0. The van der Waals surface area contributed by atoms with E-state index in [2.05, 4.69) is 22.1 Å². The zero-order valence-corrected chi connectivity index (χ0v) is 21.0. The highest BCUT2D eigenvalue weighted by molar-refractivity contribution is 5.35. The summed E-state index contributed by atoms with van der Waals surface area (Å²) in [5.41, 5.74) is -4.07. The van der Waals surface area contributed by atoms with E-state index in [1.54, 1.807) is 22.8 Å². The molecule has 1 fully saturated rings. The largest absolute Gasteiger partial charge is 0.416 e. The van der Waals surface area contributed by atoms with Crippen LogP contribution in [0.2, 0.25) is 0 Å². The number of nitrogens with zero attached hydrogens (tertiary/aromatic N) is 3. The molecule has 6 nitrogen and oxygen atoms in total. The molecule has 3 rings (SSSR count). The van der Waals surface area contributed by atoms with Crippen molar-refractivity contribution in [1.29, 1.82) is 0 Å². The molecule has 1 saturated heterocycles. The maximum absolute atomic E-state index is 13.3. The summed E-state index contributed by atoms with van der Waals surface area (Å²) in [6, 6.07) is 1.43. The number of nitrogens with one attached hydrogen (secondary N) is 1. The second-order valence-corrected chi connectivity index (χ2v) is 9.39. The van der Waals surface area contributed by atoms with Gasteiger partial charge < -0.3 is 19.7 Å². The average Bonchev–Trinajstić information content (AvgIpc) is 3.42. The molecule has 0 spiro atoms. The summed E-state index contributed by atoms with van der Waals surface area (Å²) in [6.45, 7) is 7.35. The van der Waals surface area contributed by atoms with E-state index in [4.69, 9.17) is 4.74 Å². The van der Waals surface area contributed by atoms with Gasteiger partial charge in [-0.1, -0.05) is 30.9 Å². The summed E-state index contributed by atoms with van der Waals surface area (Å²) in [6.07, 6.45) is -0.0210. The summed E-state index contributed by atoms with van der Waals surface area (Å²) in [5, 5.41) is 21.2. The van der Waals surface area contributed by atoms with Crippen molar-refractivity contribution in [2.75, 3.05) is 19.8 Å². The summed E-state index contributed by atoms with van der Waals surface area (Å²) < 4.78 is 87.7. The van der Waals surface area contributed by atoms with Crippen LogP contribution in [0, 0.1) is 0 Å². The van der Waals surface area contributed by atoms with E-state index in [0.717, 1.165) is 0 Å². The van der Waals surface area contributed by atoms with Crippen molar-refractivity contribution < 1.29 is 36.2 Å². The first-order valence-electron chi connectivity index (χ1n) is 11.9. The van der Waals surface area contributed by atoms with E-state index < -0.39 is 40.7 Å². The molecule has 2 heterocycles. The van der Waals surface area contributed by atoms with Gasteiger partial charge in [-0.25, -0.2) is 0 Å². The van der Waals surface area contributed by atoms with Crippen LogP contribution in [0.25, 0.3) is 0 Å². The van der Waals surface area contributed by atoms with Gasteiger partial charge in [0.15, 0.2) is 0 Å². The smallest absolute Gasteiger partial charge is 0.394 e. The molecule has 2 N–H and O–H groups in total. The van der Waals surface area contributed by atoms with Gasteiger partial charge in [0.05, 0.1) is 41.5 Å². The van der Waals surface area contributed by atoms with E-state index in [1.165, 1.54) is 19.6 Å². The van der Waals surface area contributed by atoms with Gasteiger partial charge in [-0.15, -0.1) is 10.2 Å². The summed E-state index contributed by atoms with van der Waals surface area (Å²) in [4.78, 5) is 0. The van der Waals surface area contributed by atoms with E-state index in [-0.39, 0.29) is 31.4 Å². The number of benzene rings is 1. The molecule has 0 bridgehead atoms. The third kappa shape index (κ3) is 6.54. The highest BCUT2D eigenvalue weighted by atomic mass is 19.4. The van der Waals surface area contributed by atoms with Crippen LogP contribution in [0.3, 0.4) is 0 Å². The van der Waals surface area contributed by atoms with Crippen LogP contribution < -0.4 is 5.32 Å². The number of aliphatic hydroxyl groups is 1. The number of piperidine rings is 1. The third-order valence-electron chi connectivity index (χ3n) is 6.91. The molecule has 0 radical (unpaired) electrons. The fraction of sp³-hybridized carbons (Fsp3) is 0.462. The van der Waals surface area contributed by atoms with Crippen LogP contribution in [-0.2, 0) is 22.6 Å². The molecule has 2 aromatic rings. The fourth-order valence-electron chi connectivity index (χ4n) is 4.35. The first kappa shape index (κ1) is 29.6. The molecule has 12 heteroatoms. The quantitative estimate of drug-likeness (QED) is 0.318. The van der Waals surface area contributed by atoms with Gasteiger partial charge in [-0.3, -0.25) is 0 Å². The average molecular weight is 545 g/mol. The van der Waals surface area contributed by atoms with Crippen LogP contribution in [0.4, 0.5) is 26.3 Å². The first-order valence-corrected chi connectivity index (χ1v) is 11.9. The standard InChI is InChI=1S/C26H30F6N4O2/c1-4-5-6-7-18(2)24(9-8-23(14-37,13-33-24)36-16-34-35-17-36)15-38-19(3)20-10-21(25(27,28)29)12-22(11-20)26(30,31)32/h4-7,10-12,16-17,19,33,37H,2,8-9,13-15H2,1,3H3/b5-4-,7-6-/t19-,23-,24+/m0/s1. The maximum Gasteiger partial charge on any atom is 0.416 e. The lowest BCUT2D eigenvalue weighted by molar-refractivity contribution is -0.143. The second kappa shape index (κ2) is 11.4. The highest BCUT2D eigenvalue weighted by Gasteiger charge is 2.45. The highest BCUT2D eigenvalue weighted by Crippen LogP contribution is 2.39. The monoisotopic (exact) mass is 544 g/mol. The number of ether oxygens (including phenoxy) is 1. The van der Waals surface area contributed by atoms with Crippen LogP contribution in [0.15, 0.2) is 67.3 Å². The third-order valence-corrected chi connectivity index (χ3v) is 6.91. The predicted octanol–water partition coefficient (Wildman–Crippen LogP) is 5.59. The topological polar surface area (TPSA) is 72.2 Å². The molecule has 0 amide bonds. The minimum atomic E-state index is -4.95. The first-order chi connectivity index (χ1) is 17.8. The number of aliphatic hydroxyl groups excluding tert-OH is 1. The summed E-state index contributed by atoms with van der Waals surface area (Å²) in [5.74, 6) is 0. The van der Waals surface area contributed by atoms with E-state index in [9.17, 15) is 31.4 Å². The normalized spacial score (nSPS) is 23.8. The Labute approximate surface area is 216 Å². The lowest BCUT2D eigenvalue weighted by atomic mass is 9.76. The van der Waals surface area contributed by atoms with E-state index in [0.29, 0.717) is 30.5 Å². The molecular weight excluding hydrogens is 514 g/mol. The molecule has 3 atom stereocenters. The van der Waals surface area contributed by atoms with Gasteiger partial charge in [0, 0.05) is 6.54 Å². The van der Waals surface area contributed by atoms with Crippen molar-refractivity contribution in [2.24, 2.45) is 0 Å². The number of allylic oxidation sites excluding steroid dienone is 3. The van der Waals surface area contributed by atoms with Gasteiger partial charge in [0.25, 0.3) is 0 Å². The maximum atomic E-state index is 13.3. The second-order valence-electron chi connectivity index (χ2n) is 9.39. The Morgan fingerprint density at radius 2 is 1.71 bits per heavy atom. The van der Waals surface area contributed by atoms with Crippen LogP contribution in [0.5, 0.6) is 0 Å². The molecule has 1 aliphatic rings. The minimum Gasteiger partial charge on any atom is -0.394 e. The Balaban J connectivity index is 1.88. The predicted molar refractivity (Wildman–Crippen MR) is 129 cm³/mol. The van der Waals surface area contributed by atoms with E-state index >= 15 is 0 Å². The molecule has 38 heavy (non-hydrogen) atoms. The lowest BCUT2D eigenvalue weighted by Gasteiger charge is -2.47. The van der Waals surface area contributed by atoms with Gasteiger partial charge in [0.2, 0.25) is 0 Å². The fourth-order valence-corrected chi connectivity index (χ4v) is 4.35. The molecule has 0 saturated carbocycles. The van der Waals surface area contributed by atoms with Crippen molar-refractivity contribution in [3.8, 4) is 0 Å². The van der Waals surface area contributed by atoms with Gasteiger partial charge in [0.1, 0.15) is 12.7 Å². The Morgan fingerprint density at radius 3 is 2.18 bits per heavy atom. The molecule has 1 aromatic heterocycles. The number of hydrogen-bond acceptors (Lipinski definition) is 5.